The molecule has 0 aromatic heterocycles. The Bertz CT molecular complexity index is 1070. The summed E-state index contributed by atoms with van der Waals surface area (Å²) in [6.07, 6.45) is 6.44. The maximum Gasteiger partial charge on any atom is 0.323 e. The van der Waals surface area contributed by atoms with E-state index in [4.69, 9.17) is 4.74 Å². The van der Waals surface area contributed by atoms with E-state index in [1.165, 1.54) is 32.1 Å². The molecule has 2 aromatic rings. The molecule has 4 rings (SSSR count). The van der Waals surface area contributed by atoms with E-state index in [0.29, 0.717) is 29.2 Å². The Morgan fingerprint density at radius 3 is 2.50 bits per heavy atom. The lowest BCUT2D eigenvalue weighted by Gasteiger charge is -2.38. The van der Waals surface area contributed by atoms with Crippen LogP contribution in [0.1, 0.15) is 56.3 Å². The number of fused-ring (bicyclic) bond motifs is 1. The van der Waals surface area contributed by atoms with E-state index in [1.807, 2.05) is 25.1 Å². The molecule has 2 aromatic carbocycles. The number of anilines is 2. The minimum Gasteiger partial charge on any atom is -0.488 e. The Balaban J connectivity index is 1.53. The second kappa shape index (κ2) is 13.1. The van der Waals surface area contributed by atoms with Crippen LogP contribution >= 0.6 is 0 Å². The highest BCUT2D eigenvalue weighted by atomic mass is 16.5. The fraction of sp³-hybridized carbons (Fsp3) is 0.533. The summed E-state index contributed by atoms with van der Waals surface area (Å²) in [5.74, 6) is 1.09. The molecule has 0 bridgehead atoms. The Morgan fingerprint density at radius 2 is 1.79 bits per heavy atom. The molecular weight excluding hydrogens is 480 g/mol. The average Bonchev–Trinajstić information content (AvgIpc) is 2.91. The Morgan fingerprint density at radius 1 is 1.08 bits per heavy atom. The Hall–Kier alpha value is -3.10. The maximum absolute atomic E-state index is 13.7. The van der Waals surface area contributed by atoms with Gasteiger partial charge in [0.05, 0.1) is 18.2 Å². The van der Waals surface area contributed by atoms with Crippen LogP contribution in [0.15, 0.2) is 48.5 Å². The highest BCUT2D eigenvalue weighted by molar-refractivity contribution is 6.02. The van der Waals surface area contributed by atoms with Gasteiger partial charge in [-0.3, -0.25) is 4.79 Å². The van der Waals surface area contributed by atoms with Gasteiger partial charge >= 0.3 is 6.03 Å². The first-order chi connectivity index (χ1) is 18.3. The van der Waals surface area contributed by atoms with Crippen molar-refractivity contribution < 1.29 is 19.4 Å². The molecule has 1 saturated carbocycles. The SMILES string of the molecule is C[C@H]1CN([C@@H](C)CO)C(=O)c2cc(NC(=O)Nc3ccccc3)ccc2O[C@@H]1CN(C)CC1CCCCC1. The lowest BCUT2D eigenvalue weighted by molar-refractivity contribution is 0.0330. The van der Waals surface area contributed by atoms with E-state index in [9.17, 15) is 14.7 Å². The quantitative estimate of drug-likeness (QED) is 0.450. The zero-order chi connectivity index (χ0) is 27.1. The number of carbonyl (C=O) groups excluding carboxylic acids is 2. The van der Waals surface area contributed by atoms with Gasteiger partial charge in [-0.2, -0.15) is 0 Å². The lowest BCUT2D eigenvalue weighted by Crippen LogP contribution is -2.50. The van der Waals surface area contributed by atoms with Crippen molar-refractivity contribution in [1.82, 2.24) is 9.80 Å². The third-order valence-corrected chi connectivity index (χ3v) is 7.74. The Kier molecular flexibility index (Phi) is 9.63. The van der Waals surface area contributed by atoms with Crippen LogP contribution in [0.2, 0.25) is 0 Å². The summed E-state index contributed by atoms with van der Waals surface area (Å²) in [6, 6.07) is 13.6. The summed E-state index contributed by atoms with van der Waals surface area (Å²) < 4.78 is 6.52. The summed E-state index contributed by atoms with van der Waals surface area (Å²) in [6.45, 7) is 6.12. The molecule has 3 N–H and O–H groups in total. The van der Waals surface area contributed by atoms with Crippen LogP contribution in [0.5, 0.6) is 5.75 Å². The number of hydrogen-bond donors (Lipinski definition) is 3. The summed E-state index contributed by atoms with van der Waals surface area (Å²) in [4.78, 5) is 30.3. The molecule has 2 aliphatic rings. The number of nitrogens with one attached hydrogen (secondary N) is 2. The summed E-state index contributed by atoms with van der Waals surface area (Å²) in [5, 5.41) is 15.5. The van der Waals surface area contributed by atoms with Crippen molar-refractivity contribution in [1.29, 1.82) is 0 Å². The standard InChI is InChI=1S/C30H42N4O4/c1-21-17-34(22(2)20-35)29(36)26-16-25(32-30(37)31-24-12-8-5-9-13-24)14-15-27(26)38-28(21)19-33(3)18-23-10-6-4-7-11-23/h5,8-9,12-16,21-23,28,35H,4,6-7,10-11,17-20H2,1-3H3,(H2,31,32,37)/t21-,22-,28+/m0/s1. The number of carbonyl (C=O) groups is 2. The van der Waals surface area contributed by atoms with Gasteiger partial charge < -0.3 is 30.3 Å². The van der Waals surface area contributed by atoms with Crippen LogP contribution < -0.4 is 15.4 Å². The van der Waals surface area contributed by atoms with Crippen molar-refractivity contribution in [3.63, 3.8) is 0 Å². The van der Waals surface area contributed by atoms with Crippen molar-refractivity contribution in [2.24, 2.45) is 11.8 Å². The topological polar surface area (TPSA) is 94.1 Å². The van der Waals surface area contributed by atoms with E-state index >= 15 is 0 Å². The van der Waals surface area contributed by atoms with Crippen molar-refractivity contribution in [2.75, 3.05) is 43.9 Å². The zero-order valence-electron chi connectivity index (χ0n) is 22.9. The van der Waals surface area contributed by atoms with Gasteiger partial charge in [0.2, 0.25) is 0 Å². The lowest BCUT2D eigenvalue weighted by atomic mass is 9.89. The highest BCUT2D eigenvalue weighted by Crippen LogP contribution is 2.31. The molecule has 8 nitrogen and oxygen atoms in total. The Labute approximate surface area is 226 Å². The summed E-state index contributed by atoms with van der Waals surface area (Å²) in [5.41, 5.74) is 1.55. The van der Waals surface area contributed by atoms with E-state index in [0.717, 1.165) is 19.0 Å². The van der Waals surface area contributed by atoms with Crippen LogP contribution in [-0.4, -0.2) is 72.3 Å². The number of likely N-dealkylation sites (N-methyl/N-ethyl adjacent to an activating group) is 1. The zero-order valence-corrected chi connectivity index (χ0v) is 22.9. The van der Waals surface area contributed by atoms with Gasteiger partial charge in [-0.15, -0.1) is 0 Å². The molecule has 1 heterocycles. The largest absolute Gasteiger partial charge is 0.488 e. The normalized spacial score (nSPS) is 21.2. The van der Waals surface area contributed by atoms with E-state index in [2.05, 4.69) is 29.5 Å². The van der Waals surface area contributed by atoms with Gasteiger partial charge in [0, 0.05) is 36.9 Å². The summed E-state index contributed by atoms with van der Waals surface area (Å²) >= 11 is 0. The molecule has 0 radical (unpaired) electrons. The molecule has 0 spiro atoms. The average molecular weight is 523 g/mol. The van der Waals surface area contributed by atoms with E-state index < -0.39 is 6.03 Å². The third kappa shape index (κ3) is 7.26. The fourth-order valence-electron chi connectivity index (χ4n) is 5.53. The molecule has 1 aliphatic heterocycles. The third-order valence-electron chi connectivity index (χ3n) is 7.74. The van der Waals surface area contributed by atoms with Crippen molar-refractivity contribution >= 4 is 23.3 Å². The predicted molar refractivity (Wildman–Crippen MR) is 151 cm³/mol. The van der Waals surface area contributed by atoms with Gasteiger partial charge in [0.25, 0.3) is 5.91 Å². The molecule has 38 heavy (non-hydrogen) atoms. The number of amides is 3. The number of aliphatic hydroxyl groups excluding tert-OH is 1. The minimum absolute atomic E-state index is 0.0735. The molecule has 3 amide bonds. The van der Waals surface area contributed by atoms with Gasteiger partial charge in [0.15, 0.2) is 0 Å². The molecule has 0 saturated heterocycles. The number of hydrogen-bond acceptors (Lipinski definition) is 5. The van der Waals surface area contributed by atoms with Crippen molar-refractivity contribution in [3.05, 3.63) is 54.1 Å². The smallest absolute Gasteiger partial charge is 0.323 e. The number of aliphatic hydroxyl groups is 1. The summed E-state index contributed by atoms with van der Waals surface area (Å²) in [7, 11) is 2.15. The molecule has 206 valence electrons. The van der Waals surface area contributed by atoms with Crippen LogP contribution in [0.3, 0.4) is 0 Å². The van der Waals surface area contributed by atoms with Gasteiger partial charge in [-0.25, -0.2) is 4.79 Å². The minimum atomic E-state index is -0.396. The molecule has 1 aliphatic carbocycles. The molecule has 3 atom stereocenters. The molecule has 0 unspecified atom stereocenters. The highest BCUT2D eigenvalue weighted by Gasteiger charge is 2.34. The number of para-hydroxylation sites is 1. The first kappa shape index (κ1) is 27.9. The van der Waals surface area contributed by atoms with Crippen LogP contribution in [0.25, 0.3) is 0 Å². The van der Waals surface area contributed by atoms with Gasteiger partial charge in [-0.1, -0.05) is 44.4 Å². The molecule has 8 heteroatoms. The number of urea groups is 1. The van der Waals surface area contributed by atoms with Crippen molar-refractivity contribution in [2.45, 2.75) is 58.1 Å². The van der Waals surface area contributed by atoms with E-state index in [1.54, 1.807) is 35.2 Å². The molecule has 1 fully saturated rings. The van der Waals surface area contributed by atoms with Crippen LogP contribution in [0, 0.1) is 11.8 Å². The monoisotopic (exact) mass is 522 g/mol. The maximum atomic E-state index is 13.7. The first-order valence-electron chi connectivity index (χ1n) is 13.9. The van der Waals surface area contributed by atoms with Crippen LogP contribution in [0.4, 0.5) is 16.2 Å². The molecular formula is C30H42N4O4. The van der Waals surface area contributed by atoms with Gasteiger partial charge in [-0.05, 0) is 63.1 Å². The predicted octanol–water partition coefficient (Wildman–Crippen LogP) is 5.06. The van der Waals surface area contributed by atoms with Gasteiger partial charge in [0.1, 0.15) is 11.9 Å². The number of benzene rings is 2. The number of ether oxygens (including phenoxy) is 1. The number of rotatable bonds is 8. The first-order valence-corrected chi connectivity index (χ1v) is 13.9. The van der Waals surface area contributed by atoms with Crippen molar-refractivity contribution in [3.8, 4) is 5.75 Å². The van der Waals surface area contributed by atoms with Crippen LogP contribution in [-0.2, 0) is 0 Å². The van der Waals surface area contributed by atoms with E-state index in [-0.39, 0.29) is 30.6 Å². The second-order valence-electron chi connectivity index (χ2n) is 11.0. The number of nitrogens with zero attached hydrogens (tertiary/aromatic N) is 2. The fourth-order valence-corrected chi connectivity index (χ4v) is 5.53. The second-order valence-corrected chi connectivity index (χ2v) is 11.0.